The van der Waals surface area contributed by atoms with E-state index in [9.17, 15) is 8.42 Å². The molecular weight excluding hydrogens is 276 g/mol. The molecule has 1 aliphatic heterocycles. The summed E-state index contributed by atoms with van der Waals surface area (Å²) >= 11 is 0. The third-order valence-electron chi connectivity index (χ3n) is 3.64. The summed E-state index contributed by atoms with van der Waals surface area (Å²) in [5.74, 6) is 0.972. The summed E-state index contributed by atoms with van der Waals surface area (Å²) in [7, 11) is -3.30. The van der Waals surface area contributed by atoms with Crippen molar-refractivity contribution in [3.8, 4) is 0 Å². The molecule has 0 radical (unpaired) electrons. The molecule has 20 heavy (non-hydrogen) atoms. The first-order valence-corrected chi connectivity index (χ1v) is 8.86. The second-order valence-electron chi connectivity index (χ2n) is 5.23. The monoisotopic (exact) mass is 298 g/mol. The first-order chi connectivity index (χ1) is 9.50. The first kappa shape index (κ1) is 15.3. The van der Waals surface area contributed by atoms with Crippen LogP contribution < -0.4 is 4.31 Å². The van der Waals surface area contributed by atoms with Gasteiger partial charge in [0.05, 0.1) is 6.26 Å². The molecule has 1 aliphatic rings. The number of pyridine rings is 1. The minimum atomic E-state index is -3.30. The lowest BCUT2D eigenvalue weighted by molar-refractivity contribution is 0.184. The topological polar surface area (TPSA) is 59.5 Å². The van der Waals surface area contributed by atoms with Gasteiger partial charge in [-0.25, -0.2) is 13.4 Å². The number of hydrogen-bond donors (Lipinski definition) is 0. The molecule has 0 amide bonds. The molecule has 0 saturated carbocycles. The highest BCUT2D eigenvalue weighted by molar-refractivity contribution is 7.92. The molecule has 112 valence electrons. The molecule has 0 spiro atoms. The Morgan fingerprint density at radius 3 is 2.90 bits per heavy atom. The molecule has 1 aromatic heterocycles. The smallest absolute Gasteiger partial charge is 0.233 e. The summed E-state index contributed by atoms with van der Waals surface area (Å²) in [5.41, 5.74) is 1.09. The highest BCUT2D eigenvalue weighted by Gasteiger charge is 2.22. The Labute approximate surface area is 121 Å². The van der Waals surface area contributed by atoms with Crippen molar-refractivity contribution in [3.63, 3.8) is 0 Å². The van der Waals surface area contributed by atoms with Gasteiger partial charge in [-0.3, -0.25) is 4.31 Å². The van der Waals surface area contributed by atoms with Crippen LogP contribution in [0.15, 0.2) is 18.3 Å². The Morgan fingerprint density at radius 2 is 2.30 bits per heavy atom. The van der Waals surface area contributed by atoms with Crippen LogP contribution in [0.1, 0.15) is 25.3 Å². The zero-order valence-electron chi connectivity index (χ0n) is 12.1. The van der Waals surface area contributed by atoms with Crippen molar-refractivity contribution < 1.29 is 13.2 Å². The van der Waals surface area contributed by atoms with Crippen LogP contribution in [0.3, 0.4) is 0 Å². The predicted octanol–water partition coefficient (Wildman–Crippen LogP) is 1.84. The van der Waals surface area contributed by atoms with E-state index in [0.29, 0.717) is 18.3 Å². The van der Waals surface area contributed by atoms with Crippen LogP contribution in [-0.2, 0) is 21.2 Å². The van der Waals surface area contributed by atoms with Crippen LogP contribution in [0.4, 0.5) is 5.82 Å². The van der Waals surface area contributed by atoms with E-state index in [-0.39, 0.29) is 0 Å². The van der Waals surface area contributed by atoms with Crippen molar-refractivity contribution >= 4 is 15.8 Å². The van der Waals surface area contributed by atoms with Crippen LogP contribution >= 0.6 is 0 Å². The molecule has 0 aromatic carbocycles. The first-order valence-electron chi connectivity index (χ1n) is 7.01. The molecule has 0 N–H and O–H groups in total. The highest BCUT2D eigenvalue weighted by atomic mass is 32.2. The maximum atomic E-state index is 12.0. The van der Waals surface area contributed by atoms with E-state index in [1.54, 1.807) is 6.20 Å². The Kier molecular flexibility index (Phi) is 4.99. The fourth-order valence-corrected chi connectivity index (χ4v) is 3.25. The molecule has 1 fully saturated rings. The van der Waals surface area contributed by atoms with Gasteiger partial charge in [-0.1, -0.05) is 6.92 Å². The van der Waals surface area contributed by atoms with Crippen molar-refractivity contribution in [1.29, 1.82) is 0 Å². The number of aryl methyl sites for hydroxylation is 1. The van der Waals surface area contributed by atoms with E-state index in [1.165, 1.54) is 10.6 Å². The second-order valence-corrected chi connectivity index (χ2v) is 7.14. The van der Waals surface area contributed by atoms with Crippen LogP contribution in [0, 0.1) is 5.92 Å². The van der Waals surface area contributed by atoms with Crippen LogP contribution in [-0.4, -0.2) is 39.4 Å². The van der Waals surface area contributed by atoms with E-state index in [0.717, 1.165) is 38.0 Å². The van der Waals surface area contributed by atoms with Gasteiger partial charge in [0.25, 0.3) is 0 Å². The Hall–Kier alpha value is -1.14. The van der Waals surface area contributed by atoms with E-state index in [1.807, 2.05) is 19.1 Å². The zero-order valence-corrected chi connectivity index (χ0v) is 12.9. The maximum Gasteiger partial charge on any atom is 0.233 e. The molecule has 1 unspecified atom stereocenters. The number of sulfonamides is 1. The third-order valence-corrected chi connectivity index (χ3v) is 4.81. The average Bonchev–Trinajstić information content (AvgIpc) is 2.91. The molecule has 1 atom stereocenters. The molecule has 0 aliphatic carbocycles. The van der Waals surface area contributed by atoms with Gasteiger partial charge in [0.15, 0.2) is 0 Å². The number of hydrogen-bond acceptors (Lipinski definition) is 4. The van der Waals surface area contributed by atoms with Gasteiger partial charge in [0.2, 0.25) is 10.0 Å². The second kappa shape index (κ2) is 6.54. The number of ether oxygens (including phenoxy) is 1. The van der Waals surface area contributed by atoms with Gasteiger partial charge in [-0.15, -0.1) is 0 Å². The molecule has 6 heteroatoms. The van der Waals surface area contributed by atoms with Crippen LogP contribution in [0.5, 0.6) is 0 Å². The van der Waals surface area contributed by atoms with Crippen LogP contribution in [0.2, 0.25) is 0 Å². The Balaban J connectivity index is 2.14. The standard InChI is InChI=1S/C14H22N2O3S/c1-3-12-4-7-15-14(10-12)16(20(2,17)18)8-5-13-6-9-19-11-13/h4,7,10,13H,3,5-6,8-9,11H2,1-2H3. The van der Waals surface area contributed by atoms with Crippen molar-refractivity contribution in [2.24, 2.45) is 5.92 Å². The van der Waals surface area contributed by atoms with Crippen LogP contribution in [0.25, 0.3) is 0 Å². The lowest BCUT2D eigenvalue weighted by Crippen LogP contribution is -2.32. The SMILES string of the molecule is CCc1ccnc(N(CCC2CCOC2)S(C)(=O)=O)c1. The van der Waals surface area contributed by atoms with E-state index < -0.39 is 10.0 Å². The number of aromatic nitrogens is 1. The Morgan fingerprint density at radius 1 is 1.50 bits per heavy atom. The Bertz CT molecular complexity index is 539. The van der Waals surface area contributed by atoms with Crippen molar-refractivity contribution in [3.05, 3.63) is 23.9 Å². The summed E-state index contributed by atoms with van der Waals surface area (Å²) in [4.78, 5) is 4.21. The molecule has 0 bridgehead atoms. The third kappa shape index (κ3) is 3.93. The van der Waals surface area contributed by atoms with Crippen molar-refractivity contribution in [1.82, 2.24) is 4.98 Å². The number of anilines is 1. The molecule has 2 heterocycles. The molecule has 1 saturated heterocycles. The fourth-order valence-electron chi connectivity index (χ4n) is 2.38. The summed E-state index contributed by atoms with van der Waals surface area (Å²) in [6.07, 6.45) is 5.60. The van der Waals surface area contributed by atoms with Crippen molar-refractivity contribution in [2.45, 2.75) is 26.2 Å². The molecular formula is C14H22N2O3S. The maximum absolute atomic E-state index is 12.0. The largest absolute Gasteiger partial charge is 0.381 e. The average molecular weight is 298 g/mol. The molecule has 2 rings (SSSR count). The lowest BCUT2D eigenvalue weighted by atomic mass is 10.1. The summed E-state index contributed by atoms with van der Waals surface area (Å²) < 4.78 is 30.7. The quantitative estimate of drug-likeness (QED) is 0.804. The van der Waals surface area contributed by atoms with Gasteiger partial charge in [0.1, 0.15) is 5.82 Å². The van der Waals surface area contributed by atoms with Gasteiger partial charge >= 0.3 is 0 Å². The van der Waals surface area contributed by atoms with E-state index in [2.05, 4.69) is 4.98 Å². The van der Waals surface area contributed by atoms with Gasteiger partial charge < -0.3 is 4.74 Å². The highest BCUT2D eigenvalue weighted by Crippen LogP contribution is 2.21. The summed E-state index contributed by atoms with van der Waals surface area (Å²) in [6.45, 7) is 4.03. The lowest BCUT2D eigenvalue weighted by Gasteiger charge is -2.23. The van der Waals surface area contributed by atoms with E-state index in [4.69, 9.17) is 4.74 Å². The van der Waals surface area contributed by atoms with Crippen molar-refractivity contribution in [2.75, 3.05) is 30.3 Å². The zero-order chi connectivity index (χ0) is 14.6. The molecule has 5 nitrogen and oxygen atoms in total. The van der Waals surface area contributed by atoms with E-state index >= 15 is 0 Å². The minimum absolute atomic E-state index is 0.452. The van der Waals surface area contributed by atoms with Gasteiger partial charge in [-0.05, 0) is 42.9 Å². The predicted molar refractivity (Wildman–Crippen MR) is 79.3 cm³/mol. The van der Waals surface area contributed by atoms with Gasteiger partial charge in [-0.2, -0.15) is 0 Å². The molecule has 1 aromatic rings. The normalized spacial score (nSPS) is 19.2. The number of rotatable bonds is 6. The summed E-state index contributed by atoms with van der Waals surface area (Å²) in [5, 5.41) is 0. The fraction of sp³-hybridized carbons (Fsp3) is 0.643. The minimum Gasteiger partial charge on any atom is -0.381 e. The summed E-state index contributed by atoms with van der Waals surface area (Å²) in [6, 6.07) is 3.76. The van der Waals surface area contributed by atoms with Gasteiger partial charge in [0, 0.05) is 26.0 Å². The number of nitrogens with zero attached hydrogens (tertiary/aromatic N) is 2.